The van der Waals surface area contributed by atoms with Crippen LogP contribution in [0.25, 0.3) is 0 Å². The molecule has 7 heteroatoms. The summed E-state index contributed by atoms with van der Waals surface area (Å²) >= 11 is 1.44. The van der Waals surface area contributed by atoms with Gasteiger partial charge in [-0.1, -0.05) is 5.16 Å². The summed E-state index contributed by atoms with van der Waals surface area (Å²) in [6.45, 7) is 3.04. The number of hydrogen-bond acceptors (Lipinski definition) is 6. The van der Waals surface area contributed by atoms with E-state index in [4.69, 9.17) is 9.26 Å². The van der Waals surface area contributed by atoms with Crippen molar-refractivity contribution in [2.45, 2.75) is 32.4 Å². The van der Waals surface area contributed by atoms with Crippen LogP contribution in [0, 0.1) is 6.92 Å². The quantitative estimate of drug-likeness (QED) is 0.868. The highest BCUT2D eigenvalue weighted by Gasteiger charge is 2.34. The van der Waals surface area contributed by atoms with Crippen molar-refractivity contribution in [3.05, 3.63) is 33.6 Å². The number of methoxy groups -OCH3 is 1. The molecule has 0 aliphatic carbocycles. The van der Waals surface area contributed by atoms with E-state index in [1.54, 1.807) is 12.5 Å². The Hall–Kier alpha value is -1.73. The molecule has 0 unspecified atom stereocenters. The maximum absolute atomic E-state index is 12.6. The summed E-state index contributed by atoms with van der Waals surface area (Å²) < 4.78 is 10.4. The van der Waals surface area contributed by atoms with E-state index in [2.05, 4.69) is 10.1 Å². The average Bonchev–Trinajstić information content (AvgIpc) is 3.17. The molecule has 3 rings (SSSR count). The van der Waals surface area contributed by atoms with Crippen molar-refractivity contribution < 1.29 is 14.1 Å². The first-order valence-corrected chi connectivity index (χ1v) is 7.74. The molecule has 1 atom stereocenters. The Morgan fingerprint density at radius 3 is 3.19 bits per heavy atom. The summed E-state index contributed by atoms with van der Waals surface area (Å²) in [4.78, 5) is 18.8. The first-order chi connectivity index (χ1) is 10.2. The second-order valence-electron chi connectivity index (χ2n) is 5.09. The van der Waals surface area contributed by atoms with Gasteiger partial charge in [0.1, 0.15) is 10.7 Å². The van der Waals surface area contributed by atoms with E-state index in [-0.39, 0.29) is 11.9 Å². The highest BCUT2D eigenvalue weighted by atomic mass is 32.1. The number of ether oxygens (including phenoxy) is 1. The largest absolute Gasteiger partial charge is 0.378 e. The lowest BCUT2D eigenvalue weighted by molar-refractivity contribution is 0.0709. The third kappa shape index (κ3) is 2.84. The third-order valence-corrected chi connectivity index (χ3v) is 4.35. The van der Waals surface area contributed by atoms with E-state index in [1.807, 2.05) is 17.9 Å². The zero-order chi connectivity index (χ0) is 14.8. The number of thiazole rings is 1. The van der Waals surface area contributed by atoms with Crippen molar-refractivity contribution in [1.29, 1.82) is 0 Å². The van der Waals surface area contributed by atoms with Crippen LogP contribution in [0.3, 0.4) is 0 Å². The van der Waals surface area contributed by atoms with Gasteiger partial charge in [0.25, 0.3) is 5.91 Å². The van der Waals surface area contributed by atoms with Gasteiger partial charge in [-0.15, -0.1) is 11.3 Å². The molecular formula is C14H17N3O3S. The van der Waals surface area contributed by atoms with Gasteiger partial charge in [-0.05, 0) is 19.8 Å². The molecule has 2 aromatic heterocycles. The summed E-state index contributed by atoms with van der Waals surface area (Å²) in [5.74, 6) is 0.704. The normalized spacial score (nSPS) is 18.4. The highest BCUT2D eigenvalue weighted by Crippen LogP contribution is 2.33. The Morgan fingerprint density at radius 2 is 2.48 bits per heavy atom. The van der Waals surface area contributed by atoms with Gasteiger partial charge in [-0.2, -0.15) is 0 Å². The maximum Gasteiger partial charge on any atom is 0.273 e. The van der Waals surface area contributed by atoms with Crippen molar-refractivity contribution in [2.75, 3.05) is 13.7 Å². The number of hydrogen-bond donors (Lipinski definition) is 0. The van der Waals surface area contributed by atoms with E-state index >= 15 is 0 Å². The SMILES string of the molecule is COCc1nc(C(=O)N2CCC[C@H]2c2cc(C)no2)cs1. The van der Waals surface area contributed by atoms with Crippen molar-refractivity contribution in [1.82, 2.24) is 15.0 Å². The Balaban J connectivity index is 1.79. The van der Waals surface area contributed by atoms with Crippen LogP contribution in [0.1, 0.15) is 45.8 Å². The fourth-order valence-electron chi connectivity index (χ4n) is 2.59. The molecule has 112 valence electrons. The maximum atomic E-state index is 12.6. The smallest absolute Gasteiger partial charge is 0.273 e. The van der Waals surface area contributed by atoms with Crippen LogP contribution in [0.15, 0.2) is 16.0 Å². The van der Waals surface area contributed by atoms with E-state index in [0.29, 0.717) is 12.3 Å². The molecule has 0 saturated carbocycles. The number of aromatic nitrogens is 2. The van der Waals surface area contributed by atoms with Gasteiger partial charge in [0.05, 0.1) is 18.3 Å². The van der Waals surface area contributed by atoms with E-state index < -0.39 is 0 Å². The number of nitrogens with zero attached hydrogens (tertiary/aromatic N) is 3. The Morgan fingerprint density at radius 1 is 1.62 bits per heavy atom. The van der Waals surface area contributed by atoms with Crippen molar-refractivity contribution in [2.24, 2.45) is 0 Å². The van der Waals surface area contributed by atoms with Gasteiger partial charge < -0.3 is 14.2 Å². The molecule has 0 spiro atoms. The first-order valence-electron chi connectivity index (χ1n) is 6.86. The fraction of sp³-hybridized carbons (Fsp3) is 0.500. The van der Waals surface area contributed by atoms with Gasteiger partial charge in [0, 0.05) is 25.1 Å². The molecule has 1 aliphatic heterocycles. The molecule has 6 nitrogen and oxygen atoms in total. The first kappa shape index (κ1) is 14.2. The molecule has 0 aromatic carbocycles. The van der Waals surface area contributed by atoms with E-state index in [1.165, 1.54) is 11.3 Å². The second kappa shape index (κ2) is 5.95. The van der Waals surface area contributed by atoms with Gasteiger partial charge in [-0.25, -0.2) is 4.98 Å². The lowest BCUT2D eigenvalue weighted by Gasteiger charge is -2.21. The predicted molar refractivity (Wildman–Crippen MR) is 77.1 cm³/mol. The standard InChI is InChI=1S/C14H17N3O3S/c1-9-6-12(20-16-9)11-4-3-5-17(11)14(18)10-8-21-13(15-10)7-19-2/h6,8,11H,3-5,7H2,1-2H3/t11-/m0/s1. The molecule has 0 N–H and O–H groups in total. The van der Waals surface area contributed by atoms with Crippen molar-refractivity contribution in [3.63, 3.8) is 0 Å². The molecule has 0 radical (unpaired) electrons. The summed E-state index contributed by atoms with van der Waals surface area (Å²) in [5.41, 5.74) is 1.32. The Kier molecular flexibility index (Phi) is 4.03. The molecule has 3 heterocycles. The molecular weight excluding hydrogens is 290 g/mol. The topological polar surface area (TPSA) is 68.5 Å². The summed E-state index contributed by atoms with van der Waals surface area (Å²) in [7, 11) is 1.62. The van der Waals surface area contributed by atoms with Crippen LogP contribution in [-0.2, 0) is 11.3 Å². The summed E-state index contributed by atoms with van der Waals surface area (Å²) in [6, 6.07) is 1.86. The molecule has 21 heavy (non-hydrogen) atoms. The van der Waals surface area contributed by atoms with E-state index in [0.717, 1.165) is 35.8 Å². The number of rotatable bonds is 4. The Labute approximate surface area is 126 Å². The minimum absolute atomic E-state index is 0.0359. The van der Waals surface area contributed by atoms with Crippen LogP contribution in [-0.4, -0.2) is 34.6 Å². The van der Waals surface area contributed by atoms with Crippen LogP contribution >= 0.6 is 11.3 Å². The average molecular weight is 307 g/mol. The molecule has 0 bridgehead atoms. The van der Waals surface area contributed by atoms with Crippen LogP contribution in [0.5, 0.6) is 0 Å². The minimum Gasteiger partial charge on any atom is -0.378 e. The van der Waals surface area contributed by atoms with Crippen molar-refractivity contribution >= 4 is 17.2 Å². The lowest BCUT2D eigenvalue weighted by atomic mass is 10.1. The van der Waals surface area contributed by atoms with Crippen LogP contribution in [0.2, 0.25) is 0 Å². The summed E-state index contributed by atoms with van der Waals surface area (Å²) in [5, 5.41) is 6.51. The number of likely N-dealkylation sites (tertiary alicyclic amines) is 1. The number of aryl methyl sites for hydroxylation is 1. The molecule has 1 aliphatic rings. The lowest BCUT2D eigenvalue weighted by Crippen LogP contribution is -2.30. The van der Waals surface area contributed by atoms with Crippen LogP contribution in [0.4, 0.5) is 0 Å². The second-order valence-corrected chi connectivity index (χ2v) is 6.03. The zero-order valence-corrected chi connectivity index (χ0v) is 12.9. The van der Waals surface area contributed by atoms with Gasteiger partial charge in [-0.3, -0.25) is 4.79 Å². The van der Waals surface area contributed by atoms with Crippen LogP contribution < -0.4 is 0 Å². The molecule has 1 fully saturated rings. The molecule has 1 saturated heterocycles. The minimum atomic E-state index is -0.0508. The molecule has 2 aromatic rings. The Bertz CT molecular complexity index is 637. The number of carbonyl (C=O) groups is 1. The molecule has 1 amide bonds. The zero-order valence-electron chi connectivity index (χ0n) is 12.0. The fourth-order valence-corrected chi connectivity index (χ4v) is 3.33. The predicted octanol–water partition coefficient (Wildman–Crippen LogP) is 2.56. The van der Waals surface area contributed by atoms with Gasteiger partial charge in [0.2, 0.25) is 0 Å². The van der Waals surface area contributed by atoms with Gasteiger partial charge >= 0.3 is 0 Å². The van der Waals surface area contributed by atoms with Crippen molar-refractivity contribution in [3.8, 4) is 0 Å². The van der Waals surface area contributed by atoms with E-state index in [9.17, 15) is 4.79 Å². The number of carbonyl (C=O) groups excluding carboxylic acids is 1. The number of amides is 1. The summed E-state index contributed by atoms with van der Waals surface area (Å²) in [6.07, 6.45) is 1.86. The highest BCUT2D eigenvalue weighted by molar-refractivity contribution is 7.09. The van der Waals surface area contributed by atoms with Gasteiger partial charge in [0.15, 0.2) is 5.76 Å². The third-order valence-electron chi connectivity index (χ3n) is 3.53. The monoisotopic (exact) mass is 307 g/mol.